The van der Waals surface area contributed by atoms with Crippen molar-refractivity contribution in [3.8, 4) is 0 Å². The summed E-state index contributed by atoms with van der Waals surface area (Å²) in [5.41, 5.74) is 5.47. The fraction of sp³-hybridized carbons (Fsp3) is 0. The van der Waals surface area contributed by atoms with Gasteiger partial charge in [-0.3, -0.25) is 0 Å². The first kappa shape index (κ1) is 4.40. The number of nitrogens with zero attached hydrogens (tertiary/aromatic N) is 2. The molecule has 2 heterocycles. The lowest BCUT2D eigenvalue weighted by Crippen LogP contribution is -1.50. The summed E-state index contributed by atoms with van der Waals surface area (Å²) in [4.78, 5) is 9.67. The average Bonchev–Trinajstić information content (AvgIpc) is 2.15. The molecule has 0 aliphatic rings. The van der Waals surface area contributed by atoms with E-state index < -0.39 is 0 Å². The van der Waals surface area contributed by atoms with E-state index in [4.69, 9.17) is 0 Å². The highest BCUT2D eigenvalue weighted by Gasteiger charge is 1.96. The monoisotopic (exact) mass is 140 g/mol. The van der Waals surface area contributed by atoms with E-state index in [1.807, 2.05) is 0 Å². The molecule has 2 rings (SSSR count). The van der Waals surface area contributed by atoms with Gasteiger partial charge < -0.3 is 0 Å². The van der Waals surface area contributed by atoms with Gasteiger partial charge in [0.15, 0.2) is 20.7 Å². The molecule has 2 aromatic rings. The zero-order valence-corrected chi connectivity index (χ0v) is 5.34. The molecule has 38 valence electrons. The number of rotatable bonds is 0. The van der Waals surface area contributed by atoms with Gasteiger partial charge in [0.2, 0.25) is 0 Å². The topological polar surface area (TPSA) is 25.8 Å². The van der Waals surface area contributed by atoms with Crippen molar-refractivity contribution in [2.45, 2.75) is 0 Å². The van der Waals surface area contributed by atoms with Crippen molar-refractivity contribution in [2.24, 2.45) is 0 Å². The van der Waals surface area contributed by atoms with E-state index >= 15 is 0 Å². The molecule has 2 radical (unpaired) electrons. The van der Waals surface area contributed by atoms with Crippen LogP contribution in [0.15, 0.2) is 0 Å². The molecule has 2 nitrogen and oxygen atoms in total. The van der Waals surface area contributed by atoms with Crippen molar-refractivity contribution in [3.05, 3.63) is 11.0 Å². The Balaban J connectivity index is 3.06. The first-order valence-corrected chi connectivity index (χ1v) is 3.59. The largest absolute Gasteiger partial charge is 0.221 e. The molecule has 0 amide bonds. The molecule has 8 heavy (non-hydrogen) atoms. The minimum atomic E-state index is 0.940. The molecular formula is C4N2S2. The molecule has 0 saturated carbocycles. The number of aromatic nitrogens is 2. The van der Waals surface area contributed by atoms with Gasteiger partial charge in [-0.05, 0) is 0 Å². The Morgan fingerprint density at radius 2 is 1.50 bits per heavy atom. The minimum absolute atomic E-state index is 0.940. The molecule has 4 heteroatoms. The molecule has 0 bridgehead atoms. The van der Waals surface area contributed by atoms with Crippen LogP contribution in [0.25, 0.3) is 9.66 Å². The third kappa shape index (κ3) is 0.468. The summed E-state index contributed by atoms with van der Waals surface area (Å²) in [6, 6.07) is 0. The first-order valence-electron chi connectivity index (χ1n) is 1.96. The second-order valence-corrected chi connectivity index (χ2v) is 2.77. The maximum atomic E-state index is 3.90. The standard InChI is InChI=1S/C4N2S2/c1-5-3-4(7-1)6-2-8-3. The van der Waals surface area contributed by atoms with Crippen molar-refractivity contribution in [2.75, 3.05) is 0 Å². The first-order chi connectivity index (χ1) is 3.97. The molecule has 0 unspecified atom stereocenters. The molecule has 0 fully saturated rings. The van der Waals surface area contributed by atoms with E-state index in [-0.39, 0.29) is 0 Å². The maximum absolute atomic E-state index is 3.90. The van der Waals surface area contributed by atoms with Crippen molar-refractivity contribution in [3.63, 3.8) is 0 Å². The smallest absolute Gasteiger partial charge is 0.156 e. The van der Waals surface area contributed by atoms with Crippen LogP contribution in [0.3, 0.4) is 0 Å². The van der Waals surface area contributed by atoms with E-state index in [1.54, 1.807) is 0 Å². The van der Waals surface area contributed by atoms with Crippen LogP contribution in [-0.4, -0.2) is 9.97 Å². The van der Waals surface area contributed by atoms with Crippen LogP contribution in [0.2, 0.25) is 0 Å². The lowest BCUT2D eigenvalue weighted by atomic mass is 10.9. The van der Waals surface area contributed by atoms with Crippen LogP contribution < -0.4 is 0 Å². The molecule has 0 atom stereocenters. The van der Waals surface area contributed by atoms with Gasteiger partial charge in [-0.15, -0.1) is 0 Å². The summed E-state index contributed by atoms with van der Waals surface area (Å²) in [6.07, 6.45) is 0. The SMILES string of the molecule is [c]1nc2s[c]nc2s1. The summed E-state index contributed by atoms with van der Waals surface area (Å²) < 4.78 is 0. The average molecular weight is 140 g/mol. The van der Waals surface area contributed by atoms with Gasteiger partial charge in [-0.2, -0.15) is 0 Å². The van der Waals surface area contributed by atoms with Crippen molar-refractivity contribution >= 4 is 32.3 Å². The Bertz CT molecular complexity index is 233. The lowest BCUT2D eigenvalue weighted by molar-refractivity contribution is 1.49. The fourth-order valence-electron chi connectivity index (χ4n) is 0.444. The predicted octanol–water partition coefficient (Wildman–Crippen LogP) is 1.35. The second-order valence-electron chi connectivity index (χ2n) is 1.22. The fourth-order valence-corrected chi connectivity index (χ4v) is 1.70. The molecule has 0 aromatic carbocycles. The van der Waals surface area contributed by atoms with Gasteiger partial charge >= 0.3 is 0 Å². The highest BCUT2D eigenvalue weighted by Crippen LogP contribution is 2.17. The van der Waals surface area contributed by atoms with Gasteiger partial charge in [-0.1, -0.05) is 22.7 Å². The summed E-state index contributed by atoms with van der Waals surface area (Å²) >= 11 is 2.85. The van der Waals surface area contributed by atoms with Crippen molar-refractivity contribution < 1.29 is 0 Å². The van der Waals surface area contributed by atoms with Crippen LogP contribution in [0.5, 0.6) is 0 Å². The van der Waals surface area contributed by atoms with Gasteiger partial charge in [-0.25, -0.2) is 9.97 Å². The Morgan fingerprint density at radius 1 is 1.00 bits per heavy atom. The molecule has 2 aromatic heterocycles. The zero-order valence-electron chi connectivity index (χ0n) is 3.71. The highest BCUT2D eigenvalue weighted by molar-refractivity contribution is 7.24. The number of hydrogen-bond donors (Lipinski definition) is 0. The van der Waals surface area contributed by atoms with E-state index in [0.717, 1.165) is 9.66 Å². The Labute approximate surface area is 53.8 Å². The van der Waals surface area contributed by atoms with Crippen LogP contribution >= 0.6 is 22.7 Å². The molecule has 0 N–H and O–H groups in total. The highest BCUT2D eigenvalue weighted by atomic mass is 32.1. The van der Waals surface area contributed by atoms with Crippen LogP contribution in [-0.2, 0) is 0 Å². The molecular weight excluding hydrogens is 140 g/mol. The third-order valence-electron chi connectivity index (χ3n) is 0.762. The van der Waals surface area contributed by atoms with Crippen molar-refractivity contribution in [1.29, 1.82) is 0 Å². The van der Waals surface area contributed by atoms with Gasteiger partial charge in [0.25, 0.3) is 0 Å². The summed E-state index contributed by atoms with van der Waals surface area (Å²) in [6.45, 7) is 0. The minimum Gasteiger partial charge on any atom is -0.221 e. The summed E-state index contributed by atoms with van der Waals surface area (Å²) in [5.74, 6) is 0. The van der Waals surface area contributed by atoms with Crippen molar-refractivity contribution in [1.82, 2.24) is 9.97 Å². The Morgan fingerprint density at radius 3 is 2.00 bits per heavy atom. The molecule has 0 aliphatic carbocycles. The molecule has 0 aliphatic heterocycles. The van der Waals surface area contributed by atoms with E-state index in [9.17, 15) is 0 Å². The van der Waals surface area contributed by atoms with Gasteiger partial charge in [0, 0.05) is 0 Å². The normalized spacial score (nSPS) is 10.5. The van der Waals surface area contributed by atoms with Crippen LogP contribution in [0, 0.1) is 11.0 Å². The van der Waals surface area contributed by atoms with Gasteiger partial charge in [0.05, 0.1) is 0 Å². The molecule has 0 spiro atoms. The van der Waals surface area contributed by atoms with E-state index in [0.29, 0.717) is 0 Å². The summed E-state index contributed by atoms with van der Waals surface area (Å²) in [5, 5.41) is 0. The lowest BCUT2D eigenvalue weighted by Gasteiger charge is -1.59. The third-order valence-corrected chi connectivity index (χ3v) is 2.21. The quantitative estimate of drug-likeness (QED) is 0.552. The Kier molecular flexibility index (Phi) is 0.824. The number of hydrogen-bond acceptors (Lipinski definition) is 4. The van der Waals surface area contributed by atoms with E-state index in [1.165, 1.54) is 22.7 Å². The maximum Gasteiger partial charge on any atom is 0.156 e. The number of fused-ring (bicyclic) bond motifs is 1. The predicted molar refractivity (Wildman–Crippen MR) is 33.0 cm³/mol. The summed E-state index contributed by atoms with van der Waals surface area (Å²) in [7, 11) is 0. The second kappa shape index (κ2) is 1.50. The van der Waals surface area contributed by atoms with Crippen LogP contribution in [0.1, 0.15) is 0 Å². The number of thiazole rings is 2. The van der Waals surface area contributed by atoms with Crippen LogP contribution in [0.4, 0.5) is 0 Å². The van der Waals surface area contributed by atoms with Gasteiger partial charge in [0.1, 0.15) is 0 Å². The van der Waals surface area contributed by atoms with E-state index in [2.05, 4.69) is 21.0 Å². The molecule has 0 saturated heterocycles. The zero-order chi connectivity index (χ0) is 5.40. The Hall–Kier alpha value is -0.480.